The highest BCUT2D eigenvalue weighted by Crippen LogP contribution is 2.25. The van der Waals surface area contributed by atoms with Crippen molar-refractivity contribution in [2.45, 2.75) is 38.1 Å². The van der Waals surface area contributed by atoms with Gasteiger partial charge in [0.25, 0.3) is 0 Å². The molecule has 1 atom stereocenters. The van der Waals surface area contributed by atoms with Crippen LogP contribution in [0.25, 0.3) is 0 Å². The third kappa shape index (κ3) is 3.71. The average Bonchev–Trinajstić information content (AvgIpc) is 2.87. The highest BCUT2D eigenvalue weighted by Gasteiger charge is 2.41. The van der Waals surface area contributed by atoms with Gasteiger partial charge in [-0.25, -0.2) is 0 Å². The molecule has 1 amide bonds. The first kappa shape index (κ1) is 15.7. The summed E-state index contributed by atoms with van der Waals surface area (Å²) < 4.78 is 5.32. The van der Waals surface area contributed by atoms with Gasteiger partial charge in [0.1, 0.15) is 0 Å². The Kier molecular flexibility index (Phi) is 5.41. The van der Waals surface area contributed by atoms with E-state index in [1.165, 1.54) is 6.42 Å². The fourth-order valence-corrected chi connectivity index (χ4v) is 3.34. The van der Waals surface area contributed by atoms with E-state index in [4.69, 9.17) is 10.5 Å². The maximum atomic E-state index is 12.6. The Balaban J connectivity index is 1.84. The molecule has 2 rings (SSSR count). The van der Waals surface area contributed by atoms with Gasteiger partial charge in [-0.2, -0.15) is 0 Å². The van der Waals surface area contributed by atoms with Crippen molar-refractivity contribution >= 4 is 5.91 Å². The first-order valence-corrected chi connectivity index (χ1v) is 7.89. The summed E-state index contributed by atoms with van der Waals surface area (Å²) in [7, 11) is 2.16. The Hall–Kier alpha value is -0.650. The summed E-state index contributed by atoms with van der Waals surface area (Å²) in [4.78, 5) is 17.0. The molecule has 0 aliphatic carbocycles. The summed E-state index contributed by atoms with van der Waals surface area (Å²) in [5.41, 5.74) is 5.62. The van der Waals surface area contributed by atoms with Crippen LogP contribution in [0.1, 0.15) is 32.6 Å². The van der Waals surface area contributed by atoms with Gasteiger partial charge in [0.05, 0.1) is 5.54 Å². The Bertz CT molecular complexity index is 329. The topological polar surface area (TPSA) is 58.8 Å². The van der Waals surface area contributed by atoms with E-state index in [-0.39, 0.29) is 5.91 Å². The highest BCUT2D eigenvalue weighted by molar-refractivity contribution is 5.86. The van der Waals surface area contributed by atoms with Crippen LogP contribution in [0.4, 0.5) is 0 Å². The van der Waals surface area contributed by atoms with E-state index in [9.17, 15) is 4.79 Å². The lowest BCUT2D eigenvalue weighted by molar-refractivity contribution is -0.139. The molecule has 2 saturated heterocycles. The van der Waals surface area contributed by atoms with Crippen LogP contribution >= 0.6 is 0 Å². The predicted octanol–water partition coefficient (Wildman–Crippen LogP) is 0.685. The van der Waals surface area contributed by atoms with E-state index < -0.39 is 5.54 Å². The van der Waals surface area contributed by atoms with Gasteiger partial charge in [-0.3, -0.25) is 4.79 Å². The average molecular weight is 283 g/mol. The first-order valence-electron chi connectivity index (χ1n) is 7.89. The maximum Gasteiger partial charge on any atom is 0.242 e. The Morgan fingerprint density at radius 2 is 2.15 bits per heavy atom. The quantitative estimate of drug-likeness (QED) is 0.806. The van der Waals surface area contributed by atoms with Gasteiger partial charge >= 0.3 is 0 Å². The van der Waals surface area contributed by atoms with Crippen molar-refractivity contribution < 1.29 is 9.53 Å². The molecule has 0 radical (unpaired) electrons. The molecular weight excluding hydrogens is 254 g/mol. The number of hydrogen-bond donors (Lipinski definition) is 1. The zero-order valence-corrected chi connectivity index (χ0v) is 12.9. The summed E-state index contributed by atoms with van der Waals surface area (Å²) in [5.74, 6) is 0.736. The smallest absolute Gasteiger partial charge is 0.242 e. The molecule has 20 heavy (non-hydrogen) atoms. The van der Waals surface area contributed by atoms with E-state index >= 15 is 0 Å². The van der Waals surface area contributed by atoms with Crippen molar-refractivity contribution in [3.05, 3.63) is 0 Å². The van der Waals surface area contributed by atoms with Crippen LogP contribution in [-0.4, -0.2) is 67.7 Å². The molecule has 2 aliphatic rings. The van der Waals surface area contributed by atoms with Gasteiger partial charge in [-0.05, 0) is 45.2 Å². The van der Waals surface area contributed by atoms with Gasteiger partial charge in [-0.1, -0.05) is 6.92 Å². The molecule has 0 spiro atoms. The normalized spacial score (nSPS) is 26.2. The van der Waals surface area contributed by atoms with Crippen LogP contribution < -0.4 is 5.73 Å². The summed E-state index contributed by atoms with van der Waals surface area (Å²) in [5, 5.41) is 0. The summed E-state index contributed by atoms with van der Waals surface area (Å²) in [6.07, 6.45) is 3.59. The Morgan fingerprint density at radius 3 is 2.80 bits per heavy atom. The number of nitrogens with two attached hydrogens (primary N) is 1. The third-order valence-electron chi connectivity index (χ3n) is 4.56. The van der Waals surface area contributed by atoms with Crippen LogP contribution in [0.15, 0.2) is 0 Å². The minimum Gasteiger partial charge on any atom is -0.381 e. The Morgan fingerprint density at radius 1 is 1.45 bits per heavy atom. The van der Waals surface area contributed by atoms with E-state index in [1.54, 1.807) is 0 Å². The molecular formula is C15H29N3O2. The highest BCUT2D eigenvalue weighted by atomic mass is 16.5. The minimum absolute atomic E-state index is 0.140. The van der Waals surface area contributed by atoms with E-state index in [0.29, 0.717) is 32.0 Å². The monoisotopic (exact) mass is 283 g/mol. The molecule has 0 saturated carbocycles. The molecule has 2 heterocycles. The van der Waals surface area contributed by atoms with Gasteiger partial charge < -0.3 is 20.3 Å². The zero-order valence-electron chi connectivity index (χ0n) is 12.9. The predicted molar refractivity (Wildman–Crippen MR) is 79.4 cm³/mol. The lowest BCUT2D eigenvalue weighted by Crippen LogP contribution is -2.57. The van der Waals surface area contributed by atoms with Crippen LogP contribution in [0.2, 0.25) is 0 Å². The number of nitrogens with zero attached hydrogens (tertiary/aromatic N) is 2. The fourth-order valence-electron chi connectivity index (χ4n) is 3.34. The second kappa shape index (κ2) is 6.87. The lowest BCUT2D eigenvalue weighted by atomic mass is 9.90. The standard InChI is InChI=1S/C15H29N3O2/c1-3-7-17(2)11-13-4-8-18(12-13)14(19)15(16)5-9-20-10-6-15/h13H,3-12,16H2,1-2H3. The molecule has 5 nitrogen and oxygen atoms in total. The zero-order chi connectivity index (χ0) is 14.6. The van der Waals surface area contributed by atoms with Crippen molar-refractivity contribution in [1.82, 2.24) is 9.80 Å². The molecule has 2 fully saturated rings. The van der Waals surface area contributed by atoms with Crippen molar-refractivity contribution in [3.8, 4) is 0 Å². The van der Waals surface area contributed by atoms with Gasteiger partial charge in [0.2, 0.25) is 5.91 Å². The van der Waals surface area contributed by atoms with Crippen LogP contribution in [-0.2, 0) is 9.53 Å². The summed E-state index contributed by atoms with van der Waals surface area (Å²) >= 11 is 0. The molecule has 5 heteroatoms. The molecule has 116 valence electrons. The molecule has 0 aromatic rings. The Labute approximate surface area is 122 Å². The number of ether oxygens (including phenoxy) is 1. The van der Waals surface area contributed by atoms with Crippen molar-refractivity contribution in [1.29, 1.82) is 0 Å². The molecule has 2 aliphatic heterocycles. The minimum atomic E-state index is -0.678. The summed E-state index contributed by atoms with van der Waals surface area (Å²) in [6, 6.07) is 0. The number of hydrogen-bond acceptors (Lipinski definition) is 4. The SMILES string of the molecule is CCCN(C)CC1CCN(C(=O)C2(N)CCOCC2)C1. The number of carbonyl (C=O) groups is 1. The molecule has 0 aromatic heterocycles. The lowest BCUT2D eigenvalue weighted by Gasteiger charge is -2.35. The van der Waals surface area contributed by atoms with E-state index in [1.807, 2.05) is 4.90 Å². The van der Waals surface area contributed by atoms with Crippen molar-refractivity contribution in [3.63, 3.8) is 0 Å². The second-order valence-electron chi connectivity index (χ2n) is 6.44. The number of rotatable bonds is 5. The number of amides is 1. The maximum absolute atomic E-state index is 12.6. The van der Waals surface area contributed by atoms with Crippen LogP contribution in [0.5, 0.6) is 0 Å². The molecule has 2 N–H and O–H groups in total. The molecule has 0 aromatic carbocycles. The van der Waals surface area contributed by atoms with E-state index in [2.05, 4.69) is 18.9 Å². The number of likely N-dealkylation sites (tertiary alicyclic amines) is 1. The van der Waals surface area contributed by atoms with Crippen molar-refractivity contribution in [2.24, 2.45) is 11.7 Å². The van der Waals surface area contributed by atoms with Gasteiger partial charge in [0.15, 0.2) is 0 Å². The van der Waals surface area contributed by atoms with Gasteiger partial charge in [0, 0.05) is 32.8 Å². The third-order valence-corrected chi connectivity index (χ3v) is 4.56. The molecule has 1 unspecified atom stereocenters. The first-order chi connectivity index (χ1) is 9.55. The number of carbonyl (C=O) groups excluding carboxylic acids is 1. The second-order valence-corrected chi connectivity index (χ2v) is 6.44. The largest absolute Gasteiger partial charge is 0.381 e. The van der Waals surface area contributed by atoms with Crippen LogP contribution in [0.3, 0.4) is 0 Å². The summed E-state index contributed by atoms with van der Waals surface area (Å²) in [6.45, 7) is 7.36. The van der Waals surface area contributed by atoms with E-state index in [0.717, 1.165) is 32.6 Å². The van der Waals surface area contributed by atoms with Crippen molar-refractivity contribution in [2.75, 3.05) is 46.4 Å². The van der Waals surface area contributed by atoms with Crippen LogP contribution in [0, 0.1) is 5.92 Å². The van der Waals surface area contributed by atoms with Gasteiger partial charge in [-0.15, -0.1) is 0 Å². The molecule has 0 bridgehead atoms. The fraction of sp³-hybridized carbons (Fsp3) is 0.933.